The first-order chi connectivity index (χ1) is 20.7. The normalized spacial score (nSPS) is 11.2. The van der Waals surface area contributed by atoms with Crippen LogP contribution in [0.25, 0.3) is 0 Å². The molecule has 42 heavy (non-hydrogen) atoms. The van der Waals surface area contributed by atoms with Gasteiger partial charge in [-0.25, -0.2) is 0 Å². The molecule has 0 bridgehead atoms. The average Bonchev–Trinajstić information content (AvgIpc) is 2.99. The molecule has 0 aliphatic heterocycles. The van der Waals surface area contributed by atoms with Crippen LogP contribution in [0.1, 0.15) is 0 Å². The van der Waals surface area contributed by atoms with E-state index in [-0.39, 0.29) is 11.8 Å². The highest BCUT2D eigenvalue weighted by molar-refractivity contribution is 5.78. The number of nitrogens with one attached hydrogen (secondary N) is 12. The molecule has 0 aliphatic carbocycles. The molecule has 2 amide bonds. The second-order valence-corrected chi connectivity index (χ2v) is 9.63. The standard InChI is InChI=1S/C26H64N14O2/c27-1-3-29-5-7-35-19-21-39-25(41)23-37-17-15-33-13-11-31-9-10-32-12-14-34-16-18-38-24-26(42)40-22-20-36-8-6-30-4-2-28/h29-38H,1-24,27-28H2,(H,39,41)(H,40,42). The van der Waals surface area contributed by atoms with E-state index < -0.39 is 0 Å². The molecule has 0 aromatic heterocycles. The fraction of sp³-hybridized carbons (Fsp3) is 0.923. The van der Waals surface area contributed by atoms with Crippen LogP contribution in [0.15, 0.2) is 0 Å². The summed E-state index contributed by atoms with van der Waals surface area (Å²) in [6, 6.07) is 0. The molecule has 0 aromatic carbocycles. The van der Waals surface area contributed by atoms with Gasteiger partial charge in [0.05, 0.1) is 13.1 Å². The molecule has 0 radical (unpaired) electrons. The molecule has 0 saturated heterocycles. The van der Waals surface area contributed by atoms with Crippen LogP contribution in [0.5, 0.6) is 0 Å². The van der Waals surface area contributed by atoms with Crippen LogP contribution in [0.4, 0.5) is 0 Å². The van der Waals surface area contributed by atoms with E-state index in [0.29, 0.717) is 39.3 Å². The van der Waals surface area contributed by atoms with E-state index in [1.807, 2.05) is 0 Å². The second kappa shape index (κ2) is 35.7. The van der Waals surface area contributed by atoms with Crippen molar-refractivity contribution in [3.8, 4) is 0 Å². The third kappa shape index (κ3) is 34.7. The van der Waals surface area contributed by atoms with Gasteiger partial charge in [-0.3, -0.25) is 9.59 Å². The fourth-order valence-corrected chi connectivity index (χ4v) is 3.55. The van der Waals surface area contributed by atoms with E-state index >= 15 is 0 Å². The van der Waals surface area contributed by atoms with Crippen molar-refractivity contribution in [2.24, 2.45) is 11.5 Å². The van der Waals surface area contributed by atoms with Gasteiger partial charge in [-0.1, -0.05) is 0 Å². The average molecular weight is 605 g/mol. The first-order valence-electron chi connectivity index (χ1n) is 15.7. The first kappa shape index (κ1) is 40.5. The van der Waals surface area contributed by atoms with Gasteiger partial charge in [0.1, 0.15) is 0 Å². The smallest absolute Gasteiger partial charge is 0.234 e. The Bertz CT molecular complexity index is 529. The summed E-state index contributed by atoms with van der Waals surface area (Å²) in [7, 11) is 0. The maximum Gasteiger partial charge on any atom is 0.234 e. The van der Waals surface area contributed by atoms with E-state index in [9.17, 15) is 9.59 Å². The molecule has 0 rings (SSSR count). The van der Waals surface area contributed by atoms with Crippen LogP contribution < -0.4 is 75.3 Å². The Morgan fingerprint density at radius 2 is 0.524 bits per heavy atom. The summed E-state index contributed by atoms with van der Waals surface area (Å²) >= 11 is 0. The predicted octanol–water partition coefficient (Wildman–Crippen LogP) is -6.97. The predicted molar refractivity (Wildman–Crippen MR) is 173 cm³/mol. The molecule has 0 fully saturated rings. The first-order valence-corrected chi connectivity index (χ1v) is 15.7. The lowest BCUT2D eigenvalue weighted by Crippen LogP contribution is -2.41. The number of hydrogen-bond donors (Lipinski definition) is 14. The number of hydrogen-bond acceptors (Lipinski definition) is 14. The van der Waals surface area contributed by atoms with Gasteiger partial charge < -0.3 is 75.3 Å². The summed E-state index contributed by atoms with van der Waals surface area (Å²) < 4.78 is 0. The molecular weight excluding hydrogens is 540 g/mol. The Morgan fingerprint density at radius 3 is 0.786 bits per heavy atom. The van der Waals surface area contributed by atoms with Crippen LogP contribution in [-0.2, 0) is 9.59 Å². The van der Waals surface area contributed by atoms with Gasteiger partial charge in [0.2, 0.25) is 11.8 Å². The molecule has 0 heterocycles. The molecule has 250 valence electrons. The molecular formula is C26H64N14O2. The molecule has 0 aliphatic rings. The topological polar surface area (TPSA) is 231 Å². The summed E-state index contributed by atoms with van der Waals surface area (Å²) in [5.74, 6) is 0.0314. The van der Waals surface area contributed by atoms with E-state index in [0.717, 1.165) is 118 Å². The molecule has 0 aromatic rings. The Labute approximate surface area is 253 Å². The highest BCUT2D eigenvalue weighted by atomic mass is 16.2. The lowest BCUT2D eigenvalue weighted by Gasteiger charge is -2.10. The van der Waals surface area contributed by atoms with Crippen LogP contribution in [0, 0.1) is 0 Å². The van der Waals surface area contributed by atoms with Crippen molar-refractivity contribution in [1.82, 2.24) is 63.8 Å². The van der Waals surface area contributed by atoms with Crippen LogP contribution in [0.3, 0.4) is 0 Å². The Morgan fingerprint density at radius 1 is 0.310 bits per heavy atom. The Kier molecular flexibility index (Phi) is 34.3. The maximum absolute atomic E-state index is 11.8. The quantitative estimate of drug-likeness (QED) is 0.0302. The Hall–Kier alpha value is -1.54. The number of carbonyl (C=O) groups excluding carboxylic acids is 2. The zero-order valence-electron chi connectivity index (χ0n) is 25.9. The highest BCUT2D eigenvalue weighted by Gasteiger charge is 2.00. The molecule has 0 unspecified atom stereocenters. The van der Waals surface area contributed by atoms with Crippen molar-refractivity contribution in [1.29, 1.82) is 0 Å². The van der Waals surface area contributed by atoms with E-state index in [2.05, 4.69) is 63.8 Å². The molecule has 0 atom stereocenters. The zero-order chi connectivity index (χ0) is 30.6. The van der Waals surface area contributed by atoms with Crippen molar-refractivity contribution in [3.63, 3.8) is 0 Å². The minimum Gasteiger partial charge on any atom is -0.354 e. The van der Waals surface area contributed by atoms with E-state index in [1.165, 1.54) is 0 Å². The summed E-state index contributed by atoms with van der Waals surface area (Å²) in [4.78, 5) is 23.6. The van der Waals surface area contributed by atoms with Crippen molar-refractivity contribution < 1.29 is 9.59 Å². The molecule has 0 saturated carbocycles. The third-order valence-electron chi connectivity index (χ3n) is 5.81. The van der Waals surface area contributed by atoms with E-state index in [1.54, 1.807) is 0 Å². The van der Waals surface area contributed by atoms with Crippen LogP contribution in [-0.4, -0.2) is 169 Å². The fourth-order valence-electron chi connectivity index (χ4n) is 3.55. The van der Waals surface area contributed by atoms with Gasteiger partial charge in [-0.15, -0.1) is 0 Å². The summed E-state index contributed by atoms with van der Waals surface area (Å²) in [5.41, 5.74) is 10.8. The number of carbonyl (C=O) groups is 2. The Balaban J connectivity index is 3.18. The summed E-state index contributed by atoms with van der Waals surface area (Å²) in [6.45, 7) is 18.4. The second-order valence-electron chi connectivity index (χ2n) is 9.63. The SMILES string of the molecule is NCCNCCNCCNC(=O)CNCCNCCNCCNCCNCCNCC(=O)NCCNCCNCCN. The molecule has 16 N–H and O–H groups in total. The third-order valence-corrected chi connectivity index (χ3v) is 5.81. The maximum atomic E-state index is 11.8. The van der Waals surface area contributed by atoms with Gasteiger partial charge in [-0.2, -0.15) is 0 Å². The van der Waals surface area contributed by atoms with Gasteiger partial charge in [-0.05, 0) is 0 Å². The molecule has 0 spiro atoms. The molecule has 16 heteroatoms. The lowest BCUT2D eigenvalue weighted by atomic mass is 10.4. The van der Waals surface area contributed by atoms with Gasteiger partial charge >= 0.3 is 0 Å². The zero-order valence-corrected chi connectivity index (χ0v) is 25.9. The largest absolute Gasteiger partial charge is 0.354 e. The van der Waals surface area contributed by atoms with Gasteiger partial charge in [0.25, 0.3) is 0 Å². The summed E-state index contributed by atoms with van der Waals surface area (Å²) in [5, 5.41) is 38.5. The molecule has 16 nitrogen and oxygen atoms in total. The minimum absolute atomic E-state index is 0.0157. The van der Waals surface area contributed by atoms with Crippen molar-refractivity contribution in [2.75, 3.05) is 157 Å². The van der Waals surface area contributed by atoms with Gasteiger partial charge in [0, 0.05) is 144 Å². The van der Waals surface area contributed by atoms with Crippen molar-refractivity contribution in [2.45, 2.75) is 0 Å². The lowest BCUT2D eigenvalue weighted by molar-refractivity contribution is -0.121. The number of nitrogens with two attached hydrogens (primary N) is 2. The van der Waals surface area contributed by atoms with Crippen LogP contribution in [0.2, 0.25) is 0 Å². The monoisotopic (exact) mass is 605 g/mol. The highest BCUT2D eigenvalue weighted by Crippen LogP contribution is 1.69. The van der Waals surface area contributed by atoms with Crippen molar-refractivity contribution in [3.05, 3.63) is 0 Å². The van der Waals surface area contributed by atoms with E-state index in [4.69, 9.17) is 11.5 Å². The minimum atomic E-state index is 0.0157. The number of rotatable bonds is 35. The van der Waals surface area contributed by atoms with Crippen LogP contribution >= 0.6 is 0 Å². The summed E-state index contributed by atoms with van der Waals surface area (Å²) in [6.07, 6.45) is 0. The van der Waals surface area contributed by atoms with Crippen molar-refractivity contribution >= 4 is 11.8 Å². The van der Waals surface area contributed by atoms with Gasteiger partial charge in [0.15, 0.2) is 0 Å². The number of amides is 2.